The molecule has 2 aromatic rings. The van der Waals surface area contributed by atoms with Crippen LogP contribution in [0, 0.1) is 0 Å². The fraction of sp³-hybridized carbons (Fsp3) is 0.375. The van der Waals surface area contributed by atoms with Gasteiger partial charge >= 0.3 is 0 Å². The molecule has 1 saturated carbocycles. The zero-order chi connectivity index (χ0) is 14.7. The largest absolute Gasteiger partial charge is 0.437 e. The molecule has 2 N–H and O–H groups in total. The quantitative estimate of drug-likeness (QED) is 0.845. The normalized spacial score (nSPS) is 17.6. The Bertz CT molecular complexity index is 636. The van der Waals surface area contributed by atoms with Gasteiger partial charge in [0.15, 0.2) is 5.58 Å². The fourth-order valence-electron chi connectivity index (χ4n) is 2.63. The van der Waals surface area contributed by atoms with E-state index < -0.39 is 5.60 Å². The molecular weight excluding hydrogens is 268 g/mol. The lowest BCUT2D eigenvalue weighted by molar-refractivity contribution is -0.117. The van der Waals surface area contributed by atoms with Gasteiger partial charge in [-0.3, -0.25) is 4.79 Å². The Morgan fingerprint density at radius 2 is 2.14 bits per heavy atom. The van der Waals surface area contributed by atoms with Crippen molar-refractivity contribution in [3.8, 4) is 0 Å². The van der Waals surface area contributed by atoms with Crippen molar-refractivity contribution in [2.45, 2.75) is 31.3 Å². The van der Waals surface area contributed by atoms with E-state index in [-0.39, 0.29) is 5.91 Å². The molecule has 5 nitrogen and oxygen atoms in total. The van der Waals surface area contributed by atoms with Crippen molar-refractivity contribution >= 4 is 23.1 Å². The Morgan fingerprint density at radius 3 is 2.90 bits per heavy atom. The van der Waals surface area contributed by atoms with Crippen molar-refractivity contribution in [3.63, 3.8) is 0 Å². The molecule has 0 unspecified atom stereocenters. The number of nitrogens with one attached hydrogen (secondary N) is 1. The van der Waals surface area contributed by atoms with Gasteiger partial charge in [-0.05, 0) is 25.0 Å². The molecule has 1 aliphatic rings. The van der Waals surface area contributed by atoms with Crippen LogP contribution in [0.5, 0.6) is 0 Å². The molecule has 0 atom stereocenters. The molecule has 5 heteroatoms. The first kappa shape index (κ1) is 13.8. The van der Waals surface area contributed by atoms with E-state index in [9.17, 15) is 9.90 Å². The third-order valence-electron chi connectivity index (χ3n) is 3.81. The summed E-state index contributed by atoms with van der Waals surface area (Å²) >= 11 is 0. The molecule has 1 fully saturated rings. The number of oxazole rings is 1. The number of hydrogen-bond donors (Lipinski definition) is 2. The first-order valence-corrected chi connectivity index (χ1v) is 7.19. The third-order valence-corrected chi connectivity index (χ3v) is 3.81. The summed E-state index contributed by atoms with van der Waals surface area (Å²) in [7, 11) is 0. The average molecular weight is 286 g/mol. The zero-order valence-corrected chi connectivity index (χ0v) is 11.7. The molecule has 0 bridgehead atoms. The van der Waals surface area contributed by atoms with E-state index in [1.165, 1.54) is 12.2 Å². The Kier molecular flexibility index (Phi) is 3.75. The molecule has 1 aromatic heterocycles. The molecule has 0 radical (unpaired) electrons. The number of amides is 1. The average Bonchev–Trinajstić information content (AvgIpc) is 3.09. The SMILES string of the molecule is O=C(/C=C/c1nc2ccccc2o1)NCC1(O)CCCC1. The lowest BCUT2D eigenvalue weighted by Gasteiger charge is -2.21. The maximum Gasteiger partial charge on any atom is 0.244 e. The molecule has 0 aliphatic heterocycles. The number of benzene rings is 1. The van der Waals surface area contributed by atoms with E-state index in [1.807, 2.05) is 24.3 Å². The van der Waals surface area contributed by atoms with Crippen molar-refractivity contribution in [2.75, 3.05) is 6.54 Å². The molecule has 0 spiro atoms. The molecule has 1 amide bonds. The first-order valence-electron chi connectivity index (χ1n) is 7.19. The van der Waals surface area contributed by atoms with Crippen LogP contribution in [0.15, 0.2) is 34.8 Å². The van der Waals surface area contributed by atoms with Crippen LogP contribution in [0.2, 0.25) is 0 Å². The Morgan fingerprint density at radius 1 is 1.38 bits per heavy atom. The minimum absolute atomic E-state index is 0.252. The van der Waals surface area contributed by atoms with Gasteiger partial charge in [0.1, 0.15) is 5.52 Å². The van der Waals surface area contributed by atoms with E-state index in [4.69, 9.17) is 4.42 Å². The number of hydrogen-bond acceptors (Lipinski definition) is 4. The second-order valence-corrected chi connectivity index (χ2v) is 5.50. The maximum absolute atomic E-state index is 11.8. The minimum Gasteiger partial charge on any atom is -0.437 e. The number of rotatable bonds is 4. The van der Waals surface area contributed by atoms with E-state index in [0.29, 0.717) is 18.0 Å². The number of aromatic nitrogens is 1. The maximum atomic E-state index is 11.8. The van der Waals surface area contributed by atoms with Crippen molar-refractivity contribution in [2.24, 2.45) is 0 Å². The lowest BCUT2D eigenvalue weighted by atomic mass is 10.0. The summed E-state index contributed by atoms with van der Waals surface area (Å²) in [5.41, 5.74) is 0.719. The molecule has 1 heterocycles. The molecule has 21 heavy (non-hydrogen) atoms. The van der Waals surface area contributed by atoms with Crippen LogP contribution in [-0.4, -0.2) is 28.1 Å². The molecule has 3 rings (SSSR count). The van der Waals surface area contributed by atoms with Crippen molar-refractivity contribution < 1.29 is 14.3 Å². The Balaban J connectivity index is 1.58. The molecule has 110 valence electrons. The monoisotopic (exact) mass is 286 g/mol. The van der Waals surface area contributed by atoms with Crippen LogP contribution in [-0.2, 0) is 4.79 Å². The van der Waals surface area contributed by atoms with Gasteiger partial charge in [-0.1, -0.05) is 25.0 Å². The smallest absolute Gasteiger partial charge is 0.244 e. The van der Waals surface area contributed by atoms with Crippen LogP contribution in [0.3, 0.4) is 0 Å². The van der Waals surface area contributed by atoms with Crippen LogP contribution in [0.4, 0.5) is 0 Å². The number of aliphatic hydroxyl groups is 1. The van der Waals surface area contributed by atoms with E-state index in [2.05, 4.69) is 10.3 Å². The van der Waals surface area contributed by atoms with Crippen LogP contribution < -0.4 is 5.32 Å². The zero-order valence-electron chi connectivity index (χ0n) is 11.7. The van der Waals surface area contributed by atoms with E-state index in [0.717, 1.165) is 31.2 Å². The predicted octanol–water partition coefficient (Wildman–Crippen LogP) is 2.26. The minimum atomic E-state index is -0.735. The van der Waals surface area contributed by atoms with Crippen molar-refractivity contribution in [3.05, 3.63) is 36.2 Å². The van der Waals surface area contributed by atoms with Gasteiger partial charge in [-0.25, -0.2) is 4.98 Å². The van der Waals surface area contributed by atoms with Gasteiger partial charge in [0.05, 0.1) is 5.60 Å². The lowest BCUT2D eigenvalue weighted by Crippen LogP contribution is -2.40. The van der Waals surface area contributed by atoms with Crippen LogP contribution in [0.25, 0.3) is 17.2 Å². The molecule has 0 saturated heterocycles. The first-order chi connectivity index (χ1) is 10.1. The number of nitrogens with zero attached hydrogens (tertiary/aromatic N) is 1. The van der Waals surface area contributed by atoms with Crippen LogP contribution in [0.1, 0.15) is 31.6 Å². The molecular formula is C16H18N2O3. The summed E-state index contributed by atoms with van der Waals surface area (Å²) in [6.45, 7) is 0.295. The second-order valence-electron chi connectivity index (χ2n) is 5.50. The van der Waals surface area contributed by atoms with Gasteiger partial charge in [0, 0.05) is 18.7 Å². The Hall–Kier alpha value is -2.14. The number of fused-ring (bicyclic) bond motifs is 1. The summed E-state index contributed by atoms with van der Waals surface area (Å²) in [5.74, 6) is 0.142. The number of carbonyl (C=O) groups is 1. The van der Waals surface area contributed by atoms with Crippen molar-refractivity contribution in [1.82, 2.24) is 10.3 Å². The third kappa shape index (κ3) is 3.31. The molecule has 1 aromatic carbocycles. The van der Waals surface area contributed by atoms with Crippen molar-refractivity contribution in [1.29, 1.82) is 0 Å². The molecule has 1 aliphatic carbocycles. The highest BCUT2D eigenvalue weighted by atomic mass is 16.3. The number of carbonyl (C=O) groups excluding carboxylic acids is 1. The van der Waals surface area contributed by atoms with Crippen LogP contribution >= 0.6 is 0 Å². The van der Waals surface area contributed by atoms with Gasteiger partial charge < -0.3 is 14.8 Å². The fourth-order valence-corrected chi connectivity index (χ4v) is 2.63. The summed E-state index contributed by atoms with van der Waals surface area (Å²) in [6, 6.07) is 7.44. The second kappa shape index (κ2) is 5.69. The summed E-state index contributed by atoms with van der Waals surface area (Å²) < 4.78 is 5.49. The highest BCUT2D eigenvalue weighted by molar-refractivity contribution is 5.91. The summed E-state index contributed by atoms with van der Waals surface area (Å²) in [6.07, 6.45) is 6.46. The predicted molar refractivity (Wildman–Crippen MR) is 79.5 cm³/mol. The summed E-state index contributed by atoms with van der Waals surface area (Å²) in [4.78, 5) is 16.0. The van der Waals surface area contributed by atoms with E-state index in [1.54, 1.807) is 0 Å². The van der Waals surface area contributed by atoms with Gasteiger partial charge in [-0.2, -0.15) is 0 Å². The highest BCUT2D eigenvalue weighted by Crippen LogP contribution is 2.28. The summed E-state index contributed by atoms with van der Waals surface area (Å²) in [5, 5.41) is 12.9. The topological polar surface area (TPSA) is 75.4 Å². The van der Waals surface area contributed by atoms with E-state index >= 15 is 0 Å². The number of para-hydroxylation sites is 2. The van der Waals surface area contributed by atoms with Gasteiger partial charge in [-0.15, -0.1) is 0 Å². The highest BCUT2D eigenvalue weighted by Gasteiger charge is 2.30. The Labute approximate surface area is 122 Å². The van der Waals surface area contributed by atoms with Gasteiger partial charge in [0.25, 0.3) is 0 Å². The van der Waals surface area contributed by atoms with Gasteiger partial charge in [0.2, 0.25) is 11.8 Å². The standard InChI is InChI=1S/C16H18N2O3/c19-14(17-11-16(20)9-3-4-10-16)7-8-15-18-12-5-1-2-6-13(12)21-15/h1-2,5-8,20H,3-4,9-11H2,(H,17,19)/b8-7+.